The maximum atomic E-state index is 5.72. The summed E-state index contributed by atoms with van der Waals surface area (Å²) in [5.41, 5.74) is -0.00270. The summed E-state index contributed by atoms with van der Waals surface area (Å²) in [4.78, 5) is 2.49. The Morgan fingerprint density at radius 3 is 2.71 bits per heavy atom. The molecule has 0 bridgehead atoms. The minimum Gasteiger partial charge on any atom is -0.375 e. The van der Waals surface area contributed by atoms with Gasteiger partial charge >= 0.3 is 0 Å². The third-order valence-electron chi connectivity index (χ3n) is 2.55. The number of piperazine rings is 1. The first-order chi connectivity index (χ1) is 6.49. The highest BCUT2D eigenvalue weighted by molar-refractivity contribution is 4.75. The summed E-state index contributed by atoms with van der Waals surface area (Å²) in [5.74, 6) is 0. The molecule has 3 nitrogen and oxygen atoms in total. The van der Waals surface area contributed by atoms with Crippen molar-refractivity contribution >= 4 is 0 Å². The van der Waals surface area contributed by atoms with Crippen molar-refractivity contribution in [1.29, 1.82) is 0 Å². The molecule has 1 aliphatic rings. The van der Waals surface area contributed by atoms with E-state index in [0.717, 1.165) is 32.8 Å². The normalized spacial score (nSPS) is 25.3. The van der Waals surface area contributed by atoms with Gasteiger partial charge in [0.05, 0.1) is 12.2 Å². The van der Waals surface area contributed by atoms with Crippen LogP contribution in [0.4, 0.5) is 0 Å². The average molecular weight is 200 g/mol. The molecule has 84 valence electrons. The molecule has 0 spiro atoms. The molecule has 0 radical (unpaired) electrons. The van der Waals surface area contributed by atoms with Gasteiger partial charge in [-0.05, 0) is 27.7 Å². The summed E-state index contributed by atoms with van der Waals surface area (Å²) in [6, 6.07) is 0.646. The van der Waals surface area contributed by atoms with Crippen LogP contribution in [0.1, 0.15) is 27.7 Å². The standard InChI is InChI=1S/C11H24N2O/c1-10-9-12-5-6-13(10)7-8-14-11(2,3)4/h10,12H,5-9H2,1-4H3/t10-/m0/s1. The van der Waals surface area contributed by atoms with E-state index in [0.29, 0.717) is 6.04 Å². The number of nitrogens with one attached hydrogen (secondary N) is 1. The summed E-state index contributed by atoms with van der Waals surface area (Å²) < 4.78 is 5.72. The van der Waals surface area contributed by atoms with Crippen LogP contribution in [-0.4, -0.2) is 49.3 Å². The Labute approximate surface area is 87.8 Å². The van der Waals surface area contributed by atoms with Gasteiger partial charge in [-0.1, -0.05) is 0 Å². The first-order valence-corrected chi connectivity index (χ1v) is 5.58. The summed E-state index contributed by atoms with van der Waals surface area (Å²) in [6.45, 7) is 13.8. The van der Waals surface area contributed by atoms with Gasteiger partial charge in [0.1, 0.15) is 0 Å². The van der Waals surface area contributed by atoms with Crippen LogP contribution in [0.25, 0.3) is 0 Å². The van der Waals surface area contributed by atoms with Gasteiger partial charge in [0, 0.05) is 32.2 Å². The zero-order valence-electron chi connectivity index (χ0n) is 9.97. The molecule has 3 heteroatoms. The number of hydrogen-bond acceptors (Lipinski definition) is 3. The molecule has 0 unspecified atom stereocenters. The van der Waals surface area contributed by atoms with E-state index in [1.165, 1.54) is 0 Å². The highest BCUT2D eigenvalue weighted by Gasteiger charge is 2.18. The molecule has 1 fully saturated rings. The van der Waals surface area contributed by atoms with Crippen molar-refractivity contribution in [3.8, 4) is 0 Å². The zero-order valence-corrected chi connectivity index (χ0v) is 9.97. The second-order valence-corrected chi connectivity index (χ2v) is 5.05. The van der Waals surface area contributed by atoms with Crippen LogP contribution in [0, 0.1) is 0 Å². The van der Waals surface area contributed by atoms with E-state index < -0.39 is 0 Å². The molecule has 1 saturated heterocycles. The van der Waals surface area contributed by atoms with Gasteiger partial charge in [-0.15, -0.1) is 0 Å². The molecule has 1 aliphatic heterocycles. The van der Waals surface area contributed by atoms with Crippen LogP contribution in [0.3, 0.4) is 0 Å². The van der Waals surface area contributed by atoms with Crippen molar-refractivity contribution in [2.75, 3.05) is 32.8 Å². The van der Waals surface area contributed by atoms with Crippen LogP contribution in [0.15, 0.2) is 0 Å². The van der Waals surface area contributed by atoms with Gasteiger partial charge in [-0.25, -0.2) is 0 Å². The molecule has 0 amide bonds. The molecule has 1 atom stereocenters. The van der Waals surface area contributed by atoms with E-state index in [9.17, 15) is 0 Å². The van der Waals surface area contributed by atoms with Gasteiger partial charge in [0.2, 0.25) is 0 Å². The van der Waals surface area contributed by atoms with Gasteiger partial charge in [-0.2, -0.15) is 0 Å². The molecule has 1 rings (SSSR count). The van der Waals surface area contributed by atoms with E-state index in [-0.39, 0.29) is 5.60 Å². The van der Waals surface area contributed by atoms with Crippen molar-refractivity contribution in [1.82, 2.24) is 10.2 Å². The van der Waals surface area contributed by atoms with E-state index in [2.05, 4.69) is 37.9 Å². The van der Waals surface area contributed by atoms with Crippen molar-refractivity contribution in [2.24, 2.45) is 0 Å². The summed E-state index contributed by atoms with van der Waals surface area (Å²) in [6.07, 6.45) is 0. The minimum absolute atomic E-state index is 0.00270. The van der Waals surface area contributed by atoms with E-state index in [1.54, 1.807) is 0 Å². The Morgan fingerprint density at radius 2 is 2.14 bits per heavy atom. The zero-order chi connectivity index (χ0) is 10.6. The van der Waals surface area contributed by atoms with Gasteiger partial charge in [-0.3, -0.25) is 4.90 Å². The topological polar surface area (TPSA) is 24.5 Å². The van der Waals surface area contributed by atoms with Crippen molar-refractivity contribution in [3.63, 3.8) is 0 Å². The van der Waals surface area contributed by atoms with Gasteiger partial charge in [0.25, 0.3) is 0 Å². The van der Waals surface area contributed by atoms with Crippen molar-refractivity contribution < 1.29 is 4.74 Å². The first kappa shape index (κ1) is 12.0. The smallest absolute Gasteiger partial charge is 0.0600 e. The van der Waals surface area contributed by atoms with E-state index in [4.69, 9.17) is 4.74 Å². The Morgan fingerprint density at radius 1 is 1.43 bits per heavy atom. The second kappa shape index (κ2) is 5.10. The molecule has 1 heterocycles. The molecule has 0 aliphatic carbocycles. The quantitative estimate of drug-likeness (QED) is 0.738. The molecule has 0 aromatic carbocycles. The molecule has 0 saturated carbocycles. The maximum Gasteiger partial charge on any atom is 0.0600 e. The lowest BCUT2D eigenvalue weighted by Gasteiger charge is -2.34. The number of nitrogens with zero attached hydrogens (tertiary/aromatic N) is 1. The van der Waals surface area contributed by atoms with E-state index in [1.807, 2.05) is 0 Å². The van der Waals surface area contributed by atoms with E-state index >= 15 is 0 Å². The van der Waals surface area contributed by atoms with Crippen molar-refractivity contribution in [2.45, 2.75) is 39.3 Å². The number of ether oxygens (including phenoxy) is 1. The highest BCUT2D eigenvalue weighted by atomic mass is 16.5. The van der Waals surface area contributed by atoms with Gasteiger partial charge < -0.3 is 10.1 Å². The molecule has 14 heavy (non-hydrogen) atoms. The van der Waals surface area contributed by atoms with Crippen molar-refractivity contribution in [3.05, 3.63) is 0 Å². The second-order valence-electron chi connectivity index (χ2n) is 5.05. The molecular formula is C11H24N2O. The van der Waals surface area contributed by atoms with Crippen LogP contribution >= 0.6 is 0 Å². The molecular weight excluding hydrogens is 176 g/mol. The Hall–Kier alpha value is -0.120. The fraction of sp³-hybridized carbons (Fsp3) is 1.00. The van der Waals surface area contributed by atoms with Crippen LogP contribution in [0.5, 0.6) is 0 Å². The largest absolute Gasteiger partial charge is 0.375 e. The average Bonchev–Trinajstić information content (AvgIpc) is 2.06. The first-order valence-electron chi connectivity index (χ1n) is 5.58. The fourth-order valence-electron chi connectivity index (χ4n) is 1.68. The highest BCUT2D eigenvalue weighted by Crippen LogP contribution is 2.07. The SMILES string of the molecule is C[C@H]1CNCCN1CCOC(C)(C)C. The Kier molecular flexibility index (Phi) is 4.35. The minimum atomic E-state index is -0.00270. The summed E-state index contributed by atoms with van der Waals surface area (Å²) in [7, 11) is 0. The lowest BCUT2D eigenvalue weighted by atomic mass is 10.2. The lowest BCUT2D eigenvalue weighted by molar-refractivity contribution is -0.0187. The predicted molar refractivity (Wildman–Crippen MR) is 59.6 cm³/mol. The third kappa shape index (κ3) is 4.40. The maximum absolute atomic E-state index is 5.72. The van der Waals surface area contributed by atoms with Crippen LogP contribution in [0.2, 0.25) is 0 Å². The Balaban J connectivity index is 2.17. The molecule has 1 N–H and O–H groups in total. The van der Waals surface area contributed by atoms with Gasteiger partial charge in [0.15, 0.2) is 0 Å². The number of rotatable bonds is 3. The summed E-state index contributed by atoms with van der Waals surface area (Å²) in [5, 5.41) is 3.39. The molecule has 0 aromatic rings. The lowest BCUT2D eigenvalue weighted by Crippen LogP contribution is -2.50. The predicted octanol–water partition coefficient (Wildman–Crippen LogP) is 1.10. The molecule has 0 aromatic heterocycles. The Bertz CT molecular complexity index is 165. The number of hydrogen-bond donors (Lipinski definition) is 1. The summed E-state index contributed by atoms with van der Waals surface area (Å²) >= 11 is 0. The monoisotopic (exact) mass is 200 g/mol. The van der Waals surface area contributed by atoms with Crippen LogP contribution in [-0.2, 0) is 4.74 Å². The third-order valence-corrected chi connectivity index (χ3v) is 2.55. The fourth-order valence-corrected chi connectivity index (χ4v) is 1.68. The van der Waals surface area contributed by atoms with Crippen LogP contribution < -0.4 is 5.32 Å².